The van der Waals surface area contributed by atoms with E-state index in [4.69, 9.17) is 18.9 Å². The maximum absolute atomic E-state index is 12.2. The number of benzene rings is 3. The fourth-order valence-electron chi connectivity index (χ4n) is 3.96. The molecule has 3 aromatic carbocycles. The molecule has 1 amide bonds. The number of carbonyl (C=O) groups is 1. The number of aromatic nitrogens is 3. The Balaban J connectivity index is 1.13. The zero-order valence-corrected chi connectivity index (χ0v) is 21.9. The number of nitro benzene ring substituents is 1. The Morgan fingerprint density at radius 3 is 2.80 bits per heavy atom. The summed E-state index contributed by atoms with van der Waals surface area (Å²) in [4.78, 5) is 23.1. The van der Waals surface area contributed by atoms with Crippen LogP contribution in [0.2, 0.25) is 0 Å². The molecule has 1 aliphatic heterocycles. The number of methoxy groups -OCH3 is 1. The van der Waals surface area contributed by atoms with E-state index in [1.54, 1.807) is 48.7 Å². The molecule has 12 nitrogen and oxygen atoms in total. The zero-order chi connectivity index (χ0) is 28.6. The average molecular weight is 556 g/mol. The second kappa shape index (κ2) is 12.5. The second-order valence-electron chi connectivity index (χ2n) is 8.72. The van der Waals surface area contributed by atoms with Crippen LogP contribution in [-0.2, 0) is 17.9 Å². The minimum absolute atomic E-state index is 0.0671. The first-order chi connectivity index (χ1) is 20.0. The Hall–Kier alpha value is -5.65. The predicted molar refractivity (Wildman–Crippen MR) is 148 cm³/mol. The second-order valence-corrected chi connectivity index (χ2v) is 8.72. The van der Waals surface area contributed by atoms with Gasteiger partial charge in [0.1, 0.15) is 18.0 Å². The molecule has 0 unspecified atom stereocenters. The molecule has 5 rings (SSSR count). The number of ether oxygens (including phenoxy) is 4. The largest absolute Gasteiger partial charge is 0.493 e. The van der Waals surface area contributed by atoms with E-state index in [9.17, 15) is 14.9 Å². The van der Waals surface area contributed by atoms with E-state index in [0.29, 0.717) is 28.6 Å². The van der Waals surface area contributed by atoms with Crippen molar-refractivity contribution in [1.82, 2.24) is 20.3 Å². The first-order valence-corrected chi connectivity index (χ1v) is 12.5. The van der Waals surface area contributed by atoms with Gasteiger partial charge in [-0.25, -0.2) is 4.68 Å². The molecule has 208 valence electrons. The zero-order valence-electron chi connectivity index (χ0n) is 21.9. The lowest BCUT2D eigenvalue weighted by atomic mass is 10.2. The van der Waals surface area contributed by atoms with E-state index in [1.807, 2.05) is 30.3 Å². The molecule has 2 heterocycles. The number of hydrogen-bond donors (Lipinski definition) is 1. The summed E-state index contributed by atoms with van der Waals surface area (Å²) in [7, 11) is 1.52. The standard InChI is InChI=1S/C29H25N5O7/c1-38-27-15-21(16-30-29(35)9-5-2-6-20-10-12-26-28(14-20)41-19-40-26)11-13-25(27)39-18-22-17-33(32-31-22)23-7-3-4-8-24(23)34(36)37/h2-15,17H,16,18-19H2,1H3,(H,30,35)/b6-2+,9-5+. The van der Waals surface area contributed by atoms with Crippen LogP contribution in [0.15, 0.2) is 85.1 Å². The third-order valence-electron chi connectivity index (χ3n) is 5.98. The van der Waals surface area contributed by atoms with Crippen molar-refractivity contribution in [3.05, 3.63) is 112 Å². The summed E-state index contributed by atoms with van der Waals surface area (Å²) < 4.78 is 23.3. The van der Waals surface area contributed by atoms with E-state index in [2.05, 4.69) is 15.6 Å². The van der Waals surface area contributed by atoms with Crippen LogP contribution >= 0.6 is 0 Å². The highest BCUT2D eigenvalue weighted by Gasteiger charge is 2.16. The lowest BCUT2D eigenvalue weighted by molar-refractivity contribution is -0.384. The number of hydrogen-bond acceptors (Lipinski definition) is 9. The minimum atomic E-state index is -0.474. The van der Waals surface area contributed by atoms with Crippen molar-refractivity contribution in [2.75, 3.05) is 13.9 Å². The molecule has 0 saturated carbocycles. The van der Waals surface area contributed by atoms with Crippen LogP contribution in [0.5, 0.6) is 23.0 Å². The van der Waals surface area contributed by atoms with Crippen molar-refractivity contribution in [3.63, 3.8) is 0 Å². The molecule has 1 aromatic heterocycles. The van der Waals surface area contributed by atoms with Crippen LogP contribution in [0.3, 0.4) is 0 Å². The molecular formula is C29H25N5O7. The molecule has 0 bridgehead atoms. The highest BCUT2D eigenvalue weighted by atomic mass is 16.7. The summed E-state index contributed by atoms with van der Waals surface area (Å²) in [6.45, 7) is 0.576. The van der Waals surface area contributed by atoms with Gasteiger partial charge >= 0.3 is 0 Å². The van der Waals surface area contributed by atoms with Crippen LogP contribution in [-0.4, -0.2) is 39.7 Å². The molecule has 41 heavy (non-hydrogen) atoms. The Kier molecular flexibility index (Phi) is 8.19. The lowest BCUT2D eigenvalue weighted by Crippen LogP contribution is -2.20. The van der Waals surface area contributed by atoms with E-state index in [-0.39, 0.29) is 31.5 Å². The number of nitrogens with zero attached hydrogens (tertiary/aromatic N) is 4. The van der Waals surface area contributed by atoms with Gasteiger partial charge in [0, 0.05) is 18.7 Å². The minimum Gasteiger partial charge on any atom is -0.493 e. The Morgan fingerprint density at radius 2 is 1.95 bits per heavy atom. The van der Waals surface area contributed by atoms with Gasteiger partial charge in [-0.3, -0.25) is 14.9 Å². The topological polar surface area (TPSA) is 140 Å². The van der Waals surface area contributed by atoms with Crippen LogP contribution in [0.4, 0.5) is 5.69 Å². The van der Waals surface area contributed by atoms with Gasteiger partial charge in [0.15, 0.2) is 23.0 Å². The van der Waals surface area contributed by atoms with Crippen molar-refractivity contribution in [2.24, 2.45) is 0 Å². The maximum Gasteiger partial charge on any atom is 0.294 e. The SMILES string of the molecule is COc1cc(CNC(=O)/C=C/C=C/c2ccc3c(c2)OCO3)ccc1OCc1cn(-c2ccccc2[N+](=O)[O-])nn1. The summed E-state index contributed by atoms with van der Waals surface area (Å²) in [6, 6.07) is 17.2. The van der Waals surface area contributed by atoms with Crippen LogP contribution in [0, 0.1) is 10.1 Å². The number of rotatable bonds is 11. The molecule has 0 spiro atoms. The van der Waals surface area contributed by atoms with E-state index in [0.717, 1.165) is 16.9 Å². The molecule has 1 aliphatic rings. The van der Waals surface area contributed by atoms with E-state index < -0.39 is 4.92 Å². The average Bonchev–Trinajstić information content (AvgIpc) is 3.67. The first kappa shape index (κ1) is 26.9. The number of nitro groups is 1. The number of amides is 1. The predicted octanol–water partition coefficient (Wildman–Crippen LogP) is 4.38. The first-order valence-electron chi connectivity index (χ1n) is 12.5. The van der Waals surface area contributed by atoms with E-state index >= 15 is 0 Å². The Labute approximate surface area is 234 Å². The van der Waals surface area contributed by atoms with Crippen molar-refractivity contribution in [3.8, 4) is 28.7 Å². The van der Waals surface area contributed by atoms with Crippen molar-refractivity contribution < 1.29 is 28.7 Å². The summed E-state index contributed by atoms with van der Waals surface area (Å²) in [5.74, 6) is 2.11. The fraction of sp³-hybridized carbons (Fsp3) is 0.138. The summed E-state index contributed by atoms with van der Waals surface area (Å²) in [5.41, 5.74) is 2.44. The third kappa shape index (κ3) is 6.68. The van der Waals surface area contributed by atoms with Gasteiger partial charge in [-0.15, -0.1) is 5.10 Å². The molecule has 0 saturated heterocycles. The van der Waals surface area contributed by atoms with Crippen LogP contribution < -0.4 is 24.3 Å². The van der Waals surface area contributed by atoms with Crippen molar-refractivity contribution in [2.45, 2.75) is 13.2 Å². The van der Waals surface area contributed by atoms with Crippen molar-refractivity contribution >= 4 is 17.7 Å². The van der Waals surface area contributed by atoms with Gasteiger partial charge < -0.3 is 24.3 Å². The van der Waals surface area contributed by atoms with Gasteiger partial charge in [0.2, 0.25) is 12.7 Å². The van der Waals surface area contributed by atoms with Crippen molar-refractivity contribution in [1.29, 1.82) is 0 Å². The highest BCUT2D eigenvalue weighted by molar-refractivity contribution is 5.87. The molecule has 0 radical (unpaired) electrons. The third-order valence-corrected chi connectivity index (χ3v) is 5.98. The molecule has 0 atom stereocenters. The van der Waals surface area contributed by atoms with Crippen LogP contribution in [0.1, 0.15) is 16.8 Å². The summed E-state index contributed by atoms with van der Waals surface area (Å²) in [5, 5.41) is 22.2. The van der Waals surface area contributed by atoms with E-state index in [1.165, 1.54) is 23.9 Å². The van der Waals surface area contributed by atoms with Gasteiger partial charge in [-0.1, -0.05) is 47.7 Å². The van der Waals surface area contributed by atoms with Gasteiger partial charge in [-0.05, 0) is 41.5 Å². The van der Waals surface area contributed by atoms with Gasteiger partial charge in [0.25, 0.3) is 5.69 Å². The lowest BCUT2D eigenvalue weighted by Gasteiger charge is -2.11. The number of para-hydroxylation sites is 2. The normalized spacial score (nSPS) is 12.1. The Bertz CT molecular complexity index is 1630. The molecular weight excluding hydrogens is 530 g/mol. The number of carbonyl (C=O) groups excluding carboxylic acids is 1. The molecule has 1 N–H and O–H groups in total. The van der Waals surface area contributed by atoms with Gasteiger partial charge in [-0.2, -0.15) is 0 Å². The summed E-state index contributed by atoms with van der Waals surface area (Å²) in [6.07, 6.45) is 8.29. The highest BCUT2D eigenvalue weighted by Crippen LogP contribution is 2.33. The number of nitrogens with one attached hydrogen (secondary N) is 1. The Morgan fingerprint density at radius 1 is 1.10 bits per heavy atom. The quantitative estimate of drug-likeness (QED) is 0.124. The van der Waals surface area contributed by atoms with Crippen LogP contribution in [0.25, 0.3) is 11.8 Å². The molecule has 0 aliphatic carbocycles. The maximum atomic E-state index is 12.2. The fourth-order valence-corrected chi connectivity index (χ4v) is 3.96. The number of allylic oxidation sites excluding steroid dienone is 2. The number of fused-ring (bicyclic) bond motifs is 1. The molecule has 12 heteroatoms. The summed E-state index contributed by atoms with van der Waals surface area (Å²) >= 11 is 0. The van der Waals surface area contributed by atoms with Gasteiger partial charge in [0.05, 0.1) is 18.2 Å². The molecule has 0 fully saturated rings. The smallest absolute Gasteiger partial charge is 0.294 e. The molecule has 4 aromatic rings. The monoisotopic (exact) mass is 555 g/mol.